The van der Waals surface area contributed by atoms with Gasteiger partial charge in [-0.15, -0.1) is 0 Å². The lowest BCUT2D eigenvalue weighted by Crippen LogP contribution is -2.34. The lowest BCUT2D eigenvalue weighted by Gasteiger charge is -2.11. The van der Waals surface area contributed by atoms with Crippen molar-refractivity contribution in [1.82, 2.24) is 15.1 Å². The molecule has 5 nitrogen and oxygen atoms in total. The average Bonchev–Trinajstić information content (AvgIpc) is 3.12. The second-order valence-electron chi connectivity index (χ2n) is 6.06. The van der Waals surface area contributed by atoms with Crippen molar-refractivity contribution in [3.8, 4) is 11.3 Å². The molecule has 1 N–H and O–H groups in total. The summed E-state index contributed by atoms with van der Waals surface area (Å²) >= 11 is 0. The fraction of sp³-hybridized carbons (Fsp3) is 0.389. The summed E-state index contributed by atoms with van der Waals surface area (Å²) in [5.74, 6) is -0.142. The minimum absolute atomic E-state index is 0.0650. The first-order valence-corrected chi connectivity index (χ1v) is 8.25. The topological polar surface area (TPSA) is 64.0 Å². The van der Waals surface area contributed by atoms with Crippen LogP contribution >= 0.6 is 0 Å². The average molecular weight is 329 g/mol. The van der Waals surface area contributed by atoms with Crippen molar-refractivity contribution in [3.05, 3.63) is 52.6 Å². The van der Waals surface area contributed by atoms with Gasteiger partial charge in [-0.2, -0.15) is 5.10 Å². The maximum atomic E-state index is 13.0. The zero-order chi connectivity index (χ0) is 16.9. The predicted molar refractivity (Wildman–Crippen MR) is 88.9 cm³/mol. The van der Waals surface area contributed by atoms with E-state index < -0.39 is 0 Å². The summed E-state index contributed by atoms with van der Waals surface area (Å²) in [6, 6.07) is 9.00. The van der Waals surface area contributed by atoms with E-state index in [9.17, 15) is 14.0 Å². The smallest absolute Gasteiger partial charge is 0.266 e. The van der Waals surface area contributed by atoms with Crippen LogP contribution in [0.1, 0.15) is 25.7 Å². The van der Waals surface area contributed by atoms with Gasteiger partial charge in [-0.3, -0.25) is 9.59 Å². The molecule has 126 valence electrons. The van der Waals surface area contributed by atoms with Crippen molar-refractivity contribution < 1.29 is 9.18 Å². The molecule has 1 aromatic carbocycles. The van der Waals surface area contributed by atoms with Crippen LogP contribution in [0.3, 0.4) is 0 Å². The Morgan fingerprint density at radius 1 is 1.17 bits per heavy atom. The number of carbonyl (C=O) groups excluding carboxylic acids is 1. The SMILES string of the molecule is O=C(NCCn1nc(-c2ccc(F)cc2)ccc1=O)C1CCCC1. The van der Waals surface area contributed by atoms with Gasteiger partial charge in [-0.25, -0.2) is 9.07 Å². The Hall–Kier alpha value is -2.50. The largest absolute Gasteiger partial charge is 0.354 e. The number of hydrogen-bond donors (Lipinski definition) is 1. The molecule has 1 aliphatic rings. The van der Waals surface area contributed by atoms with Crippen LogP contribution in [0.2, 0.25) is 0 Å². The molecule has 0 unspecified atom stereocenters. The Morgan fingerprint density at radius 3 is 2.58 bits per heavy atom. The van der Waals surface area contributed by atoms with E-state index in [1.54, 1.807) is 18.2 Å². The number of hydrogen-bond acceptors (Lipinski definition) is 3. The van der Waals surface area contributed by atoms with Crippen molar-refractivity contribution in [2.75, 3.05) is 6.54 Å². The van der Waals surface area contributed by atoms with Gasteiger partial charge in [0.25, 0.3) is 5.56 Å². The maximum Gasteiger partial charge on any atom is 0.266 e. The van der Waals surface area contributed by atoms with Gasteiger partial charge in [0, 0.05) is 24.1 Å². The molecule has 1 aromatic heterocycles. The third kappa shape index (κ3) is 3.88. The summed E-state index contributed by atoms with van der Waals surface area (Å²) in [6.45, 7) is 0.682. The number of halogens is 1. The minimum Gasteiger partial charge on any atom is -0.354 e. The van der Waals surface area contributed by atoms with Gasteiger partial charge in [-0.1, -0.05) is 12.8 Å². The first kappa shape index (κ1) is 16.4. The summed E-state index contributed by atoms with van der Waals surface area (Å²) in [4.78, 5) is 23.9. The van der Waals surface area contributed by atoms with E-state index in [1.807, 2.05) is 0 Å². The van der Waals surface area contributed by atoms with Gasteiger partial charge >= 0.3 is 0 Å². The predicted octanol–water partition coefficient (Wildman–Crippen LogP) is 2.36. The summed E-state index contributed by atoms with van der Waals surface area (Å²) in [5.41, 5.74) is 1.10. The Bertz CT molecular complexity index is 765. The standard InChI is InChI=1S/C18H20FN3O2/c19-15-7-5-13(6-8-15)16-9-10-17(23)22(21-16)12-11-20-18(24)14-3-1-2-4-14/h5-10,14H,1-4,11-12H2,(H,20,24). The maximum absolute atomic E-state index is 13.0. The Kier molecular flexibility index (Phi) is 5.03. The number of nitrogens with zero attached hydrogens (tertiary/aromatic N) is 2. The quantitative estimate of drug-likeness (QED) is 0.916. The van der Waals surface area contributed by atoms with Gasteiger partial charge < -0.3 is 5.32 Å². The van der Waals surface area contributed by atoms with Crippen LogP contribution < -0.4 is 10.9 Å². The van der Waals surface area contributed by atoms with Gasteiger partial charge in [-0.05, 0) is 43.2 Å². The number of aromatic nitrogens is 2. The second kappa shape index (κ2) is 7.38. The number of rotatable bonds is 5. The fourth-order valence-electron chi connectivity index (χ4n) is 3.00. The number of amides is 1. The van der Waals surface area contributed by atoms with Crippen LogP contribution in [0.5, 0.6) is 0 Å². The van der Waals surface area contributed by atoms with E-state index in [0.29, 0.717) is 18.8 Å². The molecule has 1 amide bonds. The van der Waals surface area contributed by atoms with Crippen molar-refractivity contribution in [2.45, 2.75) is 32.2 Å². The number of nitrogens with one attached hydrogen (secondary N) is 1. The van der Waals surface area contributed by atoms with E-state index in [4.69, 9.17) is 0 Å². The third-order valence-corrected chi connectivity index (χ3v) is 4.36. The molecular formula is C18H20FN3O2. The second-order valence-corrected chi connectivity index (χ2v) is 6.06. The van der Waals surface area contributed by atoms with E-state index in [0.717, 1.165) is 31.2 Å². The Morgan fingerprint density at radius 2 is 1.88 bits per heavy atom. The molecule has 1 saturated carbocycles. The van der Waals surface area contributed by atoms with E-state index in [1.165, 1.54) is 22.9 Å². The Labute approximate surface area is 139 Å². The fourth-order valence-corrected chi connectivity index (χ4v) is 3.00. The summed E-state index contributed by atoms with van der Waals surface area (Å²) in [5, 5.41) is 7.18. The van der Waals surface area contributed by atoms with Crippen LogP contribution in [0.25, 0.3) is 11.3 Å². The molecular weight excluding hydrogens is 309 g/mol. The molecule has 0 aliphatic heterocycles. The first-order chi connectivity index (χ1) is 11.6. The van der Waals surface area contributed by atoms with Gasteiger partial charge in [0.1, 0.15) is 5.82 Å². The van der Waals surface area contributed by atoms with Crippen LogP contribution in [0.4, 0.5) is 4.39 Å². The molecule has 24 heavy (non-hydrogen) atoms. The van der Waals surface area contributed by atoms with Crippen molar-refractivity contribution in [1.29, 1.82) is 0 Å². The lowest BCUT2D eigenvalue weighted by molar-refractivity contribution is -0.124. The summed E-state index contributed by atoms with van der Waals surface area (Å²) < 4.78 is 14.3. The van der Waals surface area contributed by atoms with Crippen molar-refractivity contribution >= 4 is 5.91 Å². The molecule has 1 aliphatic carbocycles. The van der Waals surface area contributed by atoms with Gasteiger partial charge in [0.05, 0.1) is 12.2 Å². The molecule has 0 bridgehead atoms. The highest BCUT2D eigenvalue weighted by atomic mass is 19.1. The molecule has 3 rings (SSSR count). The van der Waals surface area contributed by atoms with Gasteiger partial charge in [0.15, 0.2) is 0 Å². The zero-order valence-corrected chi connectivity index (χ0v) is 13.4. The third-order valence-electron chi connectivity index (χ3n) is 4.36. The molecule has 1 heterocycles. The van der Waals surface area contributed by atoms with E-state index >= 15 is 0 Å². The molecule has 0 radical (unpaired) electrons. The minimum atomic E-state index is -0.318. The van der Waals surface area contributed by atoms with Crippen molar-refractivity contribution in [3.63, 3.8) is 0 Å². The van der Waals surface area contributed by atoms with Crippen LogP contribution in [0, 0.1) is 11.7 Å². The molecule has 6 heteroatoms. The molecule has 1 fully saturated rings. The first-order valence-electron chi connectivity index (χ1n) is 8.25. The van der Waals surface area contributed by atoms with Crippen LogP contribution in [0.15, 0.2) is 41.2 Å². The lowest BCUT2D eigenvalue weighted by atomic mass is 10.1. The number of carbonyl (C=O) groups is 1. The van der Waals surface area contributed by atoms with Crippen LogP contribution in [-0.4, -0.2) is 22.2 Å². The monoisotopic (exact) mass is 329 g/mol. The molecule has 2 aromatic rings. The molecule has 0 spiro atoms. The Balaban J connectivity index is 1.64. The highest BCUT2D eigenvalue weighted by molar-refractivity contribution is 5.78. The summed E-state index contributed by atoms with van der Waals surface area (Å²) in [6.07, 6.45) is 4.12. The normalized spacial score (nSPS) is 14.7. The van der Waals surface area contributed by atoms with Crippen molar-refractivity contribution in [2.24, 2.45) is 5.92 Å². The highest BCUT2D eigenvalue weighted by Gasteiger charge is 2.22. The van der Waals surface area contributed by atoms with Crippen LogP contribution in [-0.2, 0) is 11.3 Å². The summed E-state index contributed by atoms with van der Waals surface area (Å²) in [7, 11) is 0. The number of benzene rings is 1. The van der Waals surface area contributed by atoms with Gasteiger partial charge in [0.2, 0.25) is 5.91 Å². The van der Waals surface area contributed by atoms with E-state index in [2.05, 4.69) is 10.4 Å². The zero-order valence-electron chi connectivity index (χ0n) is 13.4. The van der Waals surface area contributed by atoms with E-state index in [-0.39, 0.29) is 23.2 Å². The molecule has 0 atom stereocenters. The molecule has 0 saturated heterocycles. The highest BCUT2D eigenvalue weighted by Crippen LogP contribution is 2.24.